The zero-order valence-electron chi connectivity index (χ0n) is 13.0. The molecule has 1 atom stereocenters. The fourth-order valence-electron chi connectivity index (χ4n) is 2.35. The normalized spacial score (nSPS) is 19.6. The van der Waals surface area contributed by atoms with E-state index in [0.717, 1.165) is 5.82 Å². The number of aromatic nitrogens is 1. The summed E-state index contributed by atoms with van der Waals surface area (Å²) in [4.78, 5) is 20.3. The number of hydrogen-bond donors (Lipinski definition) is 0. The maximum atomic E-state index is 12.1. The number of pyridine rings is 1. The molecule has 1 aliphatic heterocycles. The Morgan fingerprint density at radius 3 is 2.67 bits per heavy atom. The third-order valence-corrected chi connectivity index (χ3v) is 3.48. The zero-order chi connectivity index (χ0) is 15.6. The Morgan fingerprint density at radius 1 is 1.38 bits per heavy atom. The predicted molar refractivity (Wildman–Crippen MR) is 83.9 cm³/mol. The SMILES string of the molecule is C[C@H]1CN(C(=O)OC(C)(C)C)CCN1c1cccc(Cl)n1. The zero-order valence-corrected chi connectivity index (χ0v) is 13.7. The molecule has 6 heteroatoms. The van der Waals surface area contributed by atoms with Crippen LogP contribution >= 0.6 is 11.6 Å². The molecule has 0 N–H and O–H groups in total. The maximum absolute atomic E-state index is 12.1. The summed E-state index contributed by atoms with van der Waals surface area (Å²) < 4.78 is 5.42. The minimum absolute atomic E-state index is 0.164. The second kappa shape index (κ2) is 6.10. The Kier molecular flexibility index (Phi) is 4.61. The van der Waals surface area contributed by atoms with Crippen LogP contribution in [0.3, 0.4) is 0 Å². The van der Waals surface area contributed by atoms with Crippen LogP contribution < -0.4 is 4.90 Å². The van der Waals surface area contributed by atoms with Crippen molar-refractivity contribution in [1.29, 1.82) is 0 Å². The van der Waals surface area contributed by atoms with Crippen molar-refractivity contribution in [2.24, 2.45) is 0 Å². The third-order valence-electron chi connectivity index (χ3n) is 3.27. The number of nitrogens with zero attached hydrogens (tertiary/aromatic N) is 3. The fourth-order valence-corrected chi connectivity index (χ4v) is 2.51. The summed E-state index contributed by atoms with van der Waals surface area (Å²) in [6.07, 6.45) is -0.256. The standard InChI is InChI=1S/C15H22ClN3O2/c1-11-10-18(14(20)21-15(2,3)4)8-9-19(11)13-7-5-6-12(16)17-13/h5-7,11H,8-10H2,1-4H3/t11-/m0/s1. The van der Waals surface area contributed by atoms with E-state index in [-0.39, 0.29) is 12.1 Å². The molecule has 0 aliphatic carbocycles. The Morgan fingerprint density at radius 2 is 2.10 bits per heavy atom. The van der Waals surface area contributed by atoms with Crippen LogP contribution in [0.15, 0.2) is 18.2 Å². The van der Waals surface area contributed by atoms with Gasteiger partial charge in [-0.15, -0.1) is 0 Å². The first-order valence-electron chi connectivity index (χ1n) is 7.13. The van der Waals surface area contributed by atoms with E-state index in [0.29, 0.717) is 24.8 Å². The van der Waals surface area contributed by atoms with Gasteiger partial charge in [0.05, 0.1) is 0 Å². The van der Waals surface area contributed by atoms with Crippen LogP contribution in [0.2, 0.25) is 5.15 Å². The van der Waals surface area contributed by atoms with E-state index < -0.39 is 5.60 Å². The average Bonchev–Trinajstić information content (AvgIpc) is 2.36. The van der Waals surface area contributed by atoms with Gasteiger partial charge >= 0.3 is 6.09 Å². The van der Waals surface area contributed by atoms with E-state index in [9.17, 15) is 4.79 Å². The van der Waals surface area contributed by atoms with Gasteiger partial charge in [0, 0.05) is 25.7 Å². The number of anilines is 1. The number of rotatable bonds is 1. The van der Waals surface area contributed by atoms with Gasteiger partial charge in [0.1, 0.15) is 16.6 Å². The number of ether oxygens (including phenoxy) is 1. The molecule has 0 bridgehead atoms. The second-order valence-electron chi connectivity index (χ2n) is 6.29. The lowest BCUT2D eigenvalue weighted by atomic mass is 10.2. The second-order valence-corrected chi connectivity index (χ2v) is 6.67. The van der Waals surface area contributed by atoms with Crippen molar-refractivity contribution in [3.63, 3.8) is 0 Å². The van der Waals surface area contributed by atoms with E-state index in [4.69, 9.17) is 16.3 Å². The van der Waals surface area contributed by atoms with E-state index >= 15 is 0 Å². The van der Waals surface area contributed by atoms with Crippen LogP contribution in [-0.4, -0.2) is 47.3 Å². The summed E-state index contributed by atoms with van der Waals surface area (Å²) in [7, 11) is 0. The Balaban J connectivity index is 2.01. The summed E-state index contributed by atoms with van der Waals surface area (Å²) in [5, 5.41) is 0.481. The van der Waals surface area contributed by atoms with Crippen LogP contribution in [-0.2, 0) is 4.74 Å². The van der Waals surface area contributed by atoms with Crippen LogP contribution in [0.1, 0.15) is 27.7 Å². The number of halogens is 1. The third kappa shape index (κ3) is 4.24. The molecule has 1 saturated heterocycles. The molecule has 1 fully saturated rings. The number of carbonyl (C=O) groups is 1. The van der Waals surface area contributed by atoms with Gasteiger partial charge in [-0.05, 0) is 39.8 Å². The fraction of sp³-hybridized carbons (Fsp3) is 0.600. The Labute approximate surface area is 130 Å². The number of piperazine rings is 1. The van der Waals surface area contributed by atoms with Gasteiger partial charge in [0.2, 0.25) is 0 Å². The largest absolute Gasteiger partial charge is 0.444 e. The quantitative estimate of drug-likeness (QED) is 0.747. The van der Waals surface area contributed by atoms with Crippen molar-refractivity contribution >= 4 is 23.5 Å². The first-order chi connectivity index (χ1) is 9.76. The minimum Gasteiger partial charge on any atom is -0.444 e. The van der Waals surface area contributed by atoms with Crippen molar-refractivity contribution in [2.45, 2.75) is 39.3 Å². The maximum Gasteiger partial charge on any atom is 0.410 e. The molecule has 1 aliphatic rings. The van der Waals surface area contributed by atoms with Crippen molar-refractivity contribution in [2.75, 3.05) is 24.5 Å². The highest BCUT2D eigenvalue weighted by Gasteiger charge is 2.30. The van der Waals surface area contributed by atoms with E-state index in [1.54, 1.807) is 11.0 Å². The molecular formula is C15H22ClN3O2. The van der Waals surface area contributed by atoms with Crippen LogP contribution in [0.25, 0.3) is 0 Å². The number of hydrogen-bond acceptors (Lipinski definition) is 4. The van der Waals surface area contributed by atoms with E-state index in [1.807, 2.05) is 32.9 Å². The molecule has 2 rings (SSSR count). The molecule has 5 nitrogen and oxygen atoms in total. The molecule has 21 heavy (non-hydrogen) atoms. The first-order valence-corrected chi connectivity index (χ1v) is 7.51. The van der Waals surface area contributed by atoms with E-state index in [1.165, 1.54) is 0 Å². The van der Waals surface area contributed by atoms with Crippen LogP contribution in [0.4, 0.5) is 10.6 Å². The predicted octanol–water partition coefficient (Wildman–Crippen LogP) is 3.18. The highest BCUT2D eigenvalue weighted by Crippen LogP contribution is 2.21. The highest BCUT2D eigenvalue weighted by atomic mass is 35.5. The molecular weight excluding hydrogens is 290 g/mol. The summed E-state index contributed by atoms with van der Waals surface area (Å²) in [5.41, 5.74) is -0.466. The summed E-state index contributed by atoms with van der Waals surface area (Å²) >= 11 is 5.94. The van der Waals surface area contributed by atoms with Gasteiger partial charge in [0.15, 0.2) is 0 Å². The van der Waals surface area contributed by atoms with Gasteiger partial charge in [-0.1, -0.05) is 17.7 Å². The molecule has 0 unspecified atom stereocenters. The summed E-state index contributed by atoms with van der Waals surface area (Å²) in [6, 6.07) is 5.74. The van der Waals surface area contributed by atoms with Gasteiger partial charge in [-0.3, -0.25) is 0 Å². The van der Waals surface area contributed by atoms with Gasteiger partial charge < -0.3 is 14.5 Å². The molecule has 1 amide bonds. The lowest BCUT2D eigenvalue weighted by Crippen LogP contribution is -2.54. The van der Waals surface area contributed by atoms with Crippen molar-refractivity contribution in [1.82, 2.24) is 9.88 Å². The smallest absolute Gasteiger partial charge is 0.410 e. The molecule has 1 aromatic heterocycles. The topological polar surface area (TPSA) is 45.7 Å². The minimum atomic E-state index is -0.466. The van der Waals surface area contributed by atoms with Crippen molar-refractivity contribution < 1.29 is 9.53 Å². The first kappa shape index (κ1) is 15.9. The summed E-state index contributed by atoms with van der Waals surface area (Å²) in [5.74, 6) is 0.846. The number of carbonyl (C=O) groups excluding carboxylic acids is 1. The molecule has 0 radical (unpaired) electrons. The lowest BCUT2D eigenvalue weighted by molar-refractivity contribution is 0.0218. The molecule has 1 aromatic rings. The van der Waals surface area contributed by atoms with Gasteiger partial charge in [-0.2, -0.15) is 0 Å². The lowest BCUT2D eigenvalue weighted by Gasteiger charge is -2.40. The van der Waals surface area contributed by atoms with Crippen LogP contribution in [0, 0.1) is 0 Å². The van der Waals surface area contributed by atoms with Gasteiger partial charge in [0.25, 0.3) is 0 Å². The van der Waals surface area contributed by atoms with Crippen LogP contribution in [0.5, 0.6) is 0 Å². The van der Waals surface area contributed by atoms with Crippen molar-refractivity contribution in [3.8, 4) is 0 Å². The molecule has 0 spiro atoms. The summed E-state index contributed by atoms with van der Waals surface area (Å²) in [6.45, 7) is 9.64. The Hall–Kier alpha value is -1.49. The average molecular weight is 312 g/mol. The molecule has 0 aromatic carbocycles. The molecule has 2 heterocycles. The van der Waals surface area contributed by atoms with Gasteiger partial charge in [-0.25, -0.2) is 9.78 Å². The highest BCUT2D eigenvalue weighted by molar-refractivity contribution is 6.29. The van der Waals surface area contributed by atoms with Crippen molar-refractivity contribution in [3.05, 3.63) is 23.4 Å². The molecule has 0 saturated carbocycles. The molecule has 116 valence electrons. The number of amides is 1. The monoisotopic (exact) mass is 311 g/mol. The van der Waals surface area contributed by atoms with E-state index in [2.05, 4.69) is 16.8 Å². The Bertz CT molecular complexity index is 516.